The highest BCUT2D eigenvalue weighted by Crippen LogP contribution is 2.12. The molecule has 0 N–H and O–H groups in total. The maximum atomic E-state index is 5.64. The highest BCUT2D eigenvalue weighted by Gasteiger charge is 2.14. The highest BCUT2D eigenvalue weighted by molar-refractivity contribution is 4.64. The molecule has 0 aromatic carbocycles. The third-order valence-corrected chi connectivity index (χ3v) is 2.38. The van der Waals surface area contributed by atoms with Crippen LogP contribution < -0.4 is 0 Å². The van der Waals surface area contributed by atoms with E-state index in [2.05, 4.69) is 20.8 Å². The fourth-order valence-corrected chi connectivity index (χ4v) is 0.943. The van der Waals surface area contributed by atoms with E-state index < -0.39 is 0 Å². The van der Waals surface area contributed by atoms with Crippen LogP contribution in [0.5, 0.6) is 0 Å². The summed E-state index contributed by atoms with van der Waals surface area (Å²) in [6.07, 6.45) is 1.01. The molecule has 4 heteroatoms. The highest BCUT2D eigenvalue weighted by atomic mass is 16.6. The third-order valence-electron chi connectivity index (χ3n) is 2.38. The van der Waals surface area contributed by atoms with E-state index >= 15 is 0 Å². The summed E-state index contributed by atoms with van der Waals surface area (Å²) in [5.41, 5.74) is -0.0433. The molecular weight excluding hydrogens is 208 g/mol. The Morgan fingerprint density at radius 2 is 1.31 bits per heavy atom. The lowest BCUT2D eigenvalue weighted by atomic mass is 10.1. The largest absolute Gasteiger partial charge is 0.382 e. The van der Waals surface area contributed by atoms with Crippen molar-refractivity contribution in [1.82, 2.24) is 0 Å². The standard InChI is InChI=1S/C12H26O4/c1-5-12(2,3)16-11-10-15-9-8-14-7-6-13-4/h5-11H2,1-4H3. The second-order valence-corrected chi connectivity index (χ2v) is 4.18. The van der Waals surface area contributed by atoms with Crippen LogP contribution in [0.2, 0.25) is 0 Å². The summed E-state index contributed by atoms with van der Waals surface area (Å²) >= 11 is 0. The molecule has 0 aliphatic carbocycles. The predicted molar refractivity (Wildman–Crippen MR) is 63.8 cm³/mol. The second kappa shape index (κ2) is 10.0. The van der Waals surface area contributed by atoms with E-state index in [1.807, 2.05) is 0 Å². The topological polar surface area (TPSA) is 36.9 Å². The van der Waals surface area contributed by atoms with Crippen LogP contribution in [0.4, 0.5) is 0 Å². The van der Waals surface area contributed by atoms with Crippen molar-refractivity contribution in [3.63, 3.8) is 0 Å². The van der Waals surface area contributed by atoms with Gasteiger partial charge in [0.1, 0.15) is 0 Å². The molecular formula is C12H26O4. The van der Waals surface area contributed by atoms with Gasteiger partial charge in [-0.15, -0.1) is 0 Å². The van der Waals surface area contributed by atoms with E-state index in [1.54, 1.807) is 7.11 Å². The Balaban J connectivity index is 3.10. The molecule has 0 atom stereocenters. The van der Waals surface area contributed by atoms with Crippen LogP contribution >= 0.6 is 0 Å². The van der Waals surface area contributed by atoms with Gasteiger partial charge in [0.2, 0.25) is 0 Å². The van der Waals surface area contributed by atoms with Gasteiger partial charge in [0.05, 0.1) is 45.2 Å². The molecule has 0 aliphatic rings. The summed E-state index contributed by atoms with van der Waals surface area (Å²) < 4.78 is 21.1. The van der Waals surface area contributed by atoms with E-state index in [9.17, 15) is 0 Å². The van der Waals surface area contributed by atoms with Crippen LogP contribution in [0.15, 0.2) is 0 Å². The molecule has 0 fully saturated rings. The first-order chi connectivity index (χ1) is 7.62. The Morgan fingerprint density at radius 1 is 0.812 bits per heavy atom. The molecule has 0 aromatic heterocycles. The van der Waals surface area contributed by atoms with Crippen molar-refractivity contribution in [1.29, 1.82) is 0 Å². The molecule has 16 heavy (non-hydrogen) atoms. The van der Waals surface area contributed by atoms with Crippen LogP contribution in [-0.4, -0.2) is 52.4 Å². The van der Waals surface area contributed by atoms with Crippen LogP contribution in [0, 0.1) is 0 Å². The molecule has 0 rings (SSSR count). The maximum Gasteiger partial charge on any atom is 0.0707 e. The Labute approximate surface area is 99.2 Å². The molecule has 0 spiro atoms. The number of rotatable bonds is 11. The lowest BCUT2D eigenvalue weighted by molar-refractivity contribution is -0.0547. The van der Waals surface area contributed by atoms with Gasteiger partial charge < -0.3 is 18.9 Å². The van der Waals surface area contributed by atoms with Gasteiger partial charge in [-0.2, -0.15) is 0 Å². The minimum atomic E-state index is -0.0433. The van der Waals surface area contributed by atoms with Crippen LogP contribution in [0.25, 0.3) is 0 Å². The van der Waals surface area contributed by atoms with Gasteiger partial charge in [-0.3, -0.25) is 0 Å². The molecule has 0 amide bonds. The summed E-state index contributed by atoms with van der Waals surface area (Å²) in [6.45, 7) is 10.0. The normalized spacial score (nSPS) is 12.0. The molecule has 98 valence electrons. The summed E-state index contributed by atoms with van der Waals surface area (Å²) in [4.78, 5) is 0. The van der Waals surface area contributed by atoms with Crippen molar-refractivity contribution in [3.05, 3.63) is 0 Å². The molecule has 0 aromatic rings. The van der Waals surface area contributed by atoms with Gasteiger partial charge in [-0.25, -0.2) is 0 Å². The van der Waals surface area contributed by atoms with E-state index in [1.165, 1.54) is 0 Å². The summed E-state index contributed by atoms with van der Waals surface area (Å²) in [5.74, 6) is 0. The summed E-state index contributed by atoms with van der Waals surface area (Å²) in [5, 5.41) is 0. The lowest BCUT2D eigenvalue weighted by Crippen LogP contribution is -2.25. The number of methoxy groups -OCH3 is 1. The molecule has 0 heterocycles. The van der Waals surface area contributed by atoms with Crippen LogP contribution in [0.3, 0.4) is 0 Å². The average Bonchev–Trinajstić information content (AvgIpc) is 2.27. The first kappa shape index (κ1) is 15.8. The lowest BCUT2D eigenvalue weighted by Gasteiger charge is -2.23. The van der Waals surface area contributed by atoms with Crippen molar-refractivity contribution >= 4 is 0 Å². The number of hydrogen-bond donors (Lipinski definition) is 0. The second-order valence-electron chi connectivity index (χ2n) is 4.18. The van der Waals surface area contributed by atoms with Crippen LogP contribution in [-0.2, 0) is 18.9 Å². The Kier molecular flexibility index (Phi) is 9.92. The maximum absolute atomic E-state index is 5.64. The van der Waals surface area contributed by atoms with E-state index in [0.717, 1.165) is 6.42 Å². The molecule has 0 unspecified atom stereocenters. The van der Waals surface area contributed by atoms with Crippen molar-refractivity contribution < 1.29 is 18.9 Å². The number of ether oxygens (including phenoxy) is 4. The fourth-order valence-electron chi connectivity index (χ4n) is 0.943. The van der Waals surface area contributed by atoms with Gasteiger partial charge in [-0.1, -0.05) is 6.92 Å². The molecule has 0 radical (unpaired) electrons. The Hall–Kier alpha value is -0.160. The van der Waals surface area contributed by atoms with E-state index in [-0.39, 0.29) is 5.60 Å². The zero-order valence-electron chi connectivity index (χ0n) is 11.1. The van der Waals surface area contributed by atoms with Gasteiger partial charge in [0.25, 0.3) is 0 Å². The zero-order valence-corrected chi connectivity index (χ0v) is 11.1. The zero-order chi connectivity index (χ0) is 12.3. The third kappa shape index (κ3) is 10.4. The van der Waals surface area contributed by atoms with Crippen molar-refractivity contribution in [2.24, 2.45) is 0 Å². The van der Waals surface area contributed by atoms with Crippen molar-refractivity contribution in [3.8, 4) is 0 Å². The Bertz CT molecular complexity index is 148. The van der Waals surface area contributed by atoms with Gasteiger partial charge in [-0.05, 0) is 20.3 Å². The SMILES string of the molecule is CCC(C)(C)OCCOCCOCCOC. The smallest absolute Gasteiger partial charge is 0.0707 e. The predicted octanol–water partition coefficient (Wildman–Crippen LogP) is 1.87. The monoisotopic (exact) mass is 234 g/mol. The van der Waals surface area contributed by atoms with Gasteiger partial charge in [0, 0.05) is 7.11 Å². The van der Waals surface area contributed by atoms with Gasteiger partial charge >= 0.3 is 0 Å². The minimum absolute atomic E-state index is 0.0433. The molecule has 0 saturated heterocycles. The van der Waals surface area contributed by atoms with Crippen molar-refractivity contribution in [2.75, 3.05) is 46.8 Å². The van der Waals surface area contributed by atoms with E-state index in [0.29, 0.717) is 39.6 Å². The Morgan fingerprint density at radius 3 is 1.81 bits per heavy atom. The fraction of sp³-hybridized carbons (Fsp3) is 1.00. The molecule has 0 saturated carbocycles. The first-order valence-corrected chi connectivity index (χ1v) is 5.91. The van der Waals surface area contributed by atoms with E-state index in [4.69, 9.17) is 18.9 Å². The van der Waals surface area contributed by atoms with Gasteiger partial charge in [0.15, 0.2) is 0 Å². The quantitative estimate of drug-likeness (QED) is 0.511. The summed E-state index contributed by atoms with van der Waals surface area (Å²) in [7, 11) is 1.66. The minimum Gasteiger partial charge on any atom is -0.382 e. The molecule has 4 nitrogen and oxygen atoms in total. The first-order valence-electron chi connectivity index (χ1n) is 5.91. The molecule has 0 bridgehead atoms. The summed E-state index contributed by atoms with van der Waals surface area (Å²) in [6, 6.07) is 0. The van der Waals surface area contributed by atoms with Crippen LogP contribution in [0.1, 0.15) is 27.2 Å². The van der Waals surface area contributed by atoms with Crippen molar-refractivity contribution in [2.45, 2.75) is 32.8 Å². The average molecular weight is 234 g/mol. The number of hydrogen-bond acceptors (Lipinski definition) is 4. The molecule has 0 aliphatic heterocycles.